The first-order valence-corrected chi connectivity index (χ1v) is 11.4. The lowest BCUT2D eigenvalue weighted by molar-refractivity contribution is -0.150. The van der Waals surface area contributed by atoms with Crippen LogP contribution in [0.15, 0.2) is 44.7 Å². The molecule has 0 unspecified atom stereocenters. The van der Waals surface area contributed by atoms with Gasteiger partial charge in [0.2, 0.25) is 0 Å². The van der Waals surface area contributed by atoms with E-state index in [-0.39, 0.29) is 22.9 Å². The summed E-state index contributed by atoms with van der Waals surface area (Å²) >= 11 is 9.80. The number of halogens is 2. The van der Waals surface area contributed by atoms with Crippen LogP contribution in [0.2, 0.25) is 5.02 Å². The summed E-state index contributed by atoms with van der Waals surface area (Å²) in [5, 5.41) is 4.98. The molecule has 174 valence electrons. The highest BCUT2D eigenvalue weighted by Crippen LogP contribution is 2.37. The standard InChI is InChI=1S/C23H23BrClN3O5/c1-5-31-20-10-15(9-18(25)21(20)33-13(3)23(30)32-6-2)12-26-28-14(4)27-19-8-7-16(24)11-17(19)22(28)29/h7-13H,5-6H2,1-4H3/t13-/m1/s1. The van der Waals surface area contributed by atoms with Crippen LogP contribution in [0.1, 0.15) is 32.2 Å². The molecular formula is C23H23BrClN3O5. The fourth-order valence-corrected chi connectivity index (χ4v) is 3.67. The Bertz CT molecular complexity index is 1280. The number of aryl methyl sites for hydroxylation is 1. The van der Waals surface area contributed by atoms with E-state index in [1.54, 1.807) is 45.0 Å². The van der Waals surface area contributed by atoms with Crippen LogP contribution >= 0.6 is 27.5 Å². The quantitative estimate of drug-likeness (QED) is 0.305. The van der Waals surface area contributed by atoms with Crippen LogP contribution in [-0.4, -0.2) is 41.2 Å². The zero-order chi connectivity index (χ0) is 24.1. The van der Waals surface area contributed by atoms with Gasteiger partial charge in [0.25, 0.3) is 5.56 Å². The van der Waals surface area contributed by atoms with E-state index >= 15 is 0 Å². The average Bonchev–Trinajstić information content (AvgIpc) is 2.76. The highest BCUT2D eigenvalue weighted by atomic mass is 79.9. The maximum atomic E-state index is 12.9. The summed E-state index contributed by atoms with van der Waals surface area (Å²) in [4.78, 5) is 29.3. The summed E-state index contributed by atoms with van der Waals surface area (Å²) < 4.78 is 18.3. The van der Waals surface area contributed by atoms with Gasteiger partial charge >= 0.3 is 5.97 Å². The molecule has 1 heterocycles. The van der Waals surface area contributed by atoms with Gasteiger partial charge in [-0.1, -0.05) is 27.5 Å². The number of nitrogens with zero attached hydrogens (tertiary/aromatic N) is 3. The molecule has 0 aliphatic heterocycles. The Morgan fingerprint density at radius 2 is 2.03 bits per heavy atom. The number of fused-ring (bicyclic) bond motifs is 1. The molecule has 3 aromatic rings. The number of aromatic nitrogens is 2. The number of benzene rings is 2. The number of hydrogen-bond acceptors (Lipinski definition) is 7. The number of carbonyl (C=O) groups is 1. The van der Waals surface area contributed by atoms with Crippen LogP contribution in [0.3, 0.4) is 0 Å². The molecule has 1 atom stereocenters. The molecule has 0 radical (unpaired) electrons. The van der Waals surface area contributed by atoms with Gasteiger partial charge in [-0.3, -0.25) is 4.79 Å². The van der Waals surface area contributed by atoms with Crippen molar-refractivity contribution in [1.82, 2.24) is 9.66 Å². The van der Waals surface area contributed by atoms with Crippen molar-refractivity contribution in [2.24, 2.45) is 5.10 Å². The van der Waals surface area contributed by atoms with E-state index < -0.39 is 12.1 Å². The smallest absolute Gasteiger partial charge is 0.347 e. The van der Waals surface area contributed by atoms with Crippen molar-refractivity contribution in [1.29, 1.82) is 0 Å². The van der Waals surface area contributed by atoms with Gasteiger partial charge in [-0.15, -0.1) is 0 Å². The molecule has 33 heavy (non-hydrogen) atoms. The monoisotopic (exact) mass is 535 g/mol. The molecule has 0 fully saturated rings. The maximum Gasteiger partial charge on any atom is 0.347 e. The van der Waals surface area contributed by atoms with Gasteiger partial charge in [-0.25, -0.2) is 9.78 Å². The number of ether oxygens (including phenoxy) is 3. The predicted octanol–water partition coefficient (Wildman–Crippen LogP) is 4.73. The second kappa shape index (κ2) is 10.8. The molecule has 2 aromatic carbocycles. The summed E-state index contributed by atoms with van der Waals surface area (Å²) in [7, 11) is 0. The van der Waals surface area contributed by atoms with Crippen molar-refractivity contribution < 1.29 is 19.0 Å². The van der Waals surface area contributed by atoms with Gasteiger partial charge in [-0.05, 0) is 63.6 Å². The van der Waals surface area contributed by atoms with E-state index in [4.69, 9.17) is 25.8 Å². The minimum absolute atomic E-state index is 0.224. The average molecular weight is 537 g/mol. The van der Waals surface area contributed by atoms with Gasteiger partial charge in [0.15, 0.2) is 17.6 Å². The zero-order valence-corrected chi connectivity index (χ0v) is 20.9. The van der Waals surface area contributed by atoms with E-state index in [2.05, 4.69) is 26.0 Å². The molecular weight excluding hydrogens is 514 g/mol. The topological polar surface area (TPSA) is 92.0 Å². The van der Waals surface area contributed by atoms with Crippen LogP contribution in [-0.2, 0) is 9.53 Å². The summed E-state index contributed by atoms with van der Waals surface area (Å²) in [6.45, 7) is 7.39. The fraction of sp³-hybridized carbons (Fsp3) is 0.304. The van der Waals surface area contributed by atoms with Crippen molar-refractivity contribution >= 4 is 50.6 Å². The normalized spacial score (nSPS) is 12.2. The first-order chi connectivity index (χ1) is 15.7. The first-order valence-electron chi connectivity index (χ1n) is 10.3. The third kappa shape index (κ3) is 5.72. The van der Waals surface area contributed by atoms with Crippen LogP contribution in [0, 0.1) is 6.92 Å². The molecule has 0 spiro atoms. The fourth-order valence-electron chi connectivity index (χ4n) is 3.04. The van der Waals surface area contributed by atoms with E-state index in [1.807, 2.05) is 13.0 Å². The molecule has 0 amide bonds. The maximum absolute atomic E-state index is 12.9. The number of hydrogen-bond donors (Lipinski definition) is 0. The first kappa shape index (κ1) is 24.7. The molecule has 0 saturated heterocycles. The van der Waals surface area contributed by atoms with E-state index in [1.165, 1.54) is 10.9 Å². The zero-order valence-electron chi connectivity index (χ0n) is 18.6. The molecule has 0 aliphatic rings. The Morgan fingerprint density at radius 1 is 1.27 bits per heavy atom. The highest BCUT2D eigenvalue weighted by Gasteiger charge is 2.21. The summed E-state index contributed by atoms with van der Waals surface area (Å²) in [6.07, 6.45) is 0.609. The molecule has 8 nitrogen and oxygen atoms in total. The summed E-state index contributed by atoms with van der Waals surface area (Å²) in [5.41, 5.74) is 0.862. The molecule has 0 bridgehead atoms. The Hall–Kier alpha value is -2.91. The van der Waals surface area contributed by atoms with E-state index in [9.17, 15) is 9.59 Å². The lowest BCUT2D eigenvalue weighted by atomic mass is 10.2. The highest BCUT2D eigenvalue weighted by molar-refractivity contribution is 9.10. The summed E-state index contributed by atoms with van der Waals surface area (Å²) in [6, 6.07) is 8.57. The lowest BCUT2D eigenvalue weighted by Gasteiger charge is -2.18. The van der Waals surface area contributed by atoms with Gasteiger partial charge in [-0.2, -0.15) is 9.78 Å². The third-order valence-corrected chi connectivity index (χ3v) is 5.31. The lowest BCUT2D eigenvalue weighted by Crippen LogP contribution is -2.26. The van der Waals surface area contributed by atoms with Gasteiger partial charge < -0.3 is 14.2 Å². The Morgan fingerprint density at radius 3 is 2.73 bits per heavy atom. The summed E-state index contributed by atoms with van der Waals surface area (Å²) in [5.74, 6) is 0.492. The number of esters is 1. The Kier molecular flexibility index (Phi) is 8.10. The largest absolute Gasteiger partial charge is 0.490 e. The third-order valence-electron chi connectivity index (χ3n) is 4.54. The van der Waals surface area contributed by atoms with Crippen LogP contribution in [0.25, 0.3) is 10.9 Å². The van der Waals surface area contributed by atoms with E-state index in [0.29, 0.717) is 34.6 Å². The van der Waals surface area contributed by atoms with Crippen molar-refractivity contribution in [2.75, 3.05) is 13.2 Å². The van der Waals surface area contributed by atoms with Crippen molar-refractivity contribution in [3.8, 4) is 11.5 Å². The molecule has 0 aliphatic carbocycles. The molecule has 10 heteroatoms. The molecule has 1 aromatic heterocycles. The van der Waals surface area contributed by atoms with Crippen molar-refractivity contribution in [2.45, 2.75) is 33.8 Å². The van der Waals surface area contributed by atoms with Gasteiger partial charge in [0, 0.05) is 4.47 Å². The van der Waals surface area contributed by atoms with Gasteiger partial charge in [0.1, 0.15) is 5.82 Å². The second-order valence-electron chi connectivity index (χ2n) is 6.96. The predicted molar refractivity (Wildman–Crippen MR) is 131 cm³/mol. The van der Waals surface area contributed by atoms with Crippen molar-refractivity contribution in [3.63, 3.8) is 0 Å². The molecule has 3 rings (SSSR count). The van der Waals surface area contributed by atoms with Crippen LogP contribution < -0.4 is 15.0 Å². The van der Waals surface area contributed by atoms with Crippen LogP contribution in [0.5, 0.6) is 11.5 Å². The molecule has 0 N–H and O–H groups in total. The SMILES string of the molecule is CCOC(=O)[C@@H](C)Oc1c(Cl)cc(C=Nn2c(C)nc3ccc(Br)cc3c2=O)cc1OCC. The second-order valence-corrected chi connectivity index (χ2v) is 8.28. The minimum Gasteiger partial charge on any atom is -0.490 e. The van der Waals surface area contributed by atoms with Crippen LogP contribution in [0.4, 0.5) is 0 Å². The van der Waals surface area contributed by atoms with Crippen molar-refractivity contribution in [3.05, 3.63) is 61.6 Å². The minimum atomic E-state index is -0.870. The number of carbonyl (C=O) groups excluding carboxylic acids is 1. The Balaban J connectivity index is 1.97. The number of rotatable bonds is 8. The molecule has 0 saturated carbocycles. The Labute approximate surface area is 204 Å². The van der Waals surface area contributed by atoms with Gasteiger partial charge in [0.05, 0.1) is 35.4 Å². The van der Waals surface area contributed by atoms with E-state index in [0.717, 1.165) is 4.47 Å².